The van der Waals surface area contributed by atoms with Gasteiger partial charge in [-0.1, -0.05) is 0 Å². The van der Waals surface area contributed by atoms with Crippen LogP contribution < -0.4 is 10.1 Å². The van der Waals surface area contributed by atoms with E-state index in [4.69, 9.17) is 4.74 Å². The van der Waals surface area contributed by atoms with E-state index >= 15 is 0 Å². The molecule has 2 N–H and O–H groups in total. The van der Waals surface area contributed by atoms with E-state index < -0.39 is 6.10 Å². The zero-order valence-corrected chi connectivity index (χ0v) is 15.8. The van der Waals surface area contributed by atoms with Crippen molar-refractivity contribution in [1.29, 1.82) is 0 Å². The van der Waals surface area contributed by atoms with Crippen LogP contribution in [0.3, 0.4) is 0 Å². The van der Waals surface area contributed by atoms with Crippen LogP contribution in [0.5, 0.6) is 5.75 Å². The molecular formula is C15H23Br2NO2. The van der Waals surface area contributed by atoms with Crippen LogP contribution in [-0.2, 0) is 6.54 Å². The Morgan fingerprint density at radius 1 is 1.20 bits per heavy atom. The average Bonchev–Trinajstić information content (AvgIpc) is 2.29. The Morgan fingerprint density at radius 2 is 1.70 bits per heavy atom. The van der Waals surface area contributed by atoms with E-state index in [1.807, 2.05) is 19.1 Å². The monoisotopic (exact) mass is 407 g/mol. The standard InChI is InChI=1S/C15H23Br2NO2/c1-9(19)10(2)20-14-12(16)6-11(7-13(14)17)8-18-15(3,4)5/h6-7,9-10,18-19H,8H2,1-5H3. The predicted molar refractivity (Wildman–Crippen MR) is 90.2 cm³/mol. The van der Waals surface area contributed by atoms with Crippen LogP contribution in [-0.4, -0.2) is 22.9 Å². The molecule has 0 aliphatic rings. The second-order valence-electron chi connectivity index (χ2n) is 6.06. The molecule has 1 aromatic carbocycles. The molecule has 2 atom stereocenters. The van der Waals surface area contributed by atoms with E-state index in [1.165, 1.54) is 0 Å². The van der Waals surface area contributed by atoms with E-state index in [0.717, 1.165) is 26.8 Å². The van der Waals surface area contributed by atoms with Crippen molar-refractivity contribution in [2.75, 3.05) is 0 Å². The minimum absolute atomic E-state index is 0.0783. The summed E-state index contributed by atoms with van der Waals surface area (Å²) in [5.41, 5.74) is 1.24. The van der Waals surface area contributed by atoms with Gasteiger partial charge in [0.25, 0.3) is 0 Å². The third kappa shape index (κ3) is 5.72. The van der Waals surface area contributed by atoms with Crippen molar-refractivity contribution in [2.24, 2.45) is 0 Å². The van der Waals surface area contributed by atoms with Crippen LogP contribution in [0.15, 0.2) is 21.1 Å². The summed E-state index contributed by atoms with van der Waals surface area (Å²) in [4.78, 5) is 0. The largest absolute Gasteiger partial charge is 0.486 e. The zero-order valence-electron chi connectivity index (χ0n) is 12.6. The molecule has 5 heteroatoms. The zero-order chi connectivity index (χ0) is 15.5. The van der Waals surface area contributed by atoms with Gasteiger partial charge in [0, 0.05) is 12.1 Å². The summed E-state index contributed by atoms with van der Waals surface area (Å²) >= 11 is 7.06. The lowest BCUT2D eigenvalue weighted by Gasteiger charge is -2.22. The Labute approximate surface area is 138 Å². The molecule has 0 fully saturated rings. The van der Waals surface area contributed by atoms with E-state index in [0.29, 0.717) is 0 Å². The highest BCUT2D eigenvalue weighted by molar-refractivity contribution is 9.11. The minimum atomic E-state index is -0.518. The SMILES string of the molecule is CC(O)C(C)Oc1c(Br)cc(CNC(C)(C)C)cc1Br. The van der Waals surface area contributed by atoms with Gasteiger partial charge >= 0.3 is 0 Å². The lowest BCUT2D eigenvalue weighted by atomic mass is 10.1. The Morgan fingerprint density at radius 3 is 2.10 bits per heavy atom. The van der Waals surface area contributed by atoms with Gasteiger partial charge in [-0.2, -0.15) is 0 Å². The number of halogens is 2. The lowest BCUT2D eigenvalue weighted by molar-refractivity contribution is 0.0594. The van der Waals surface area contributed by atoms with Gasteiger partial charge in [-0.3, -0.25) is 0 Å². The molecule has 0 heterocycles. The first-order chi connectivity index (χ1) is 9.10. The first kappa shape index (κ1) is 18.0. The van der Waals surface area contributed by atoms with Crippen molar-refractivity contribution in [2.45, 2.75) is 58.9 Å². The smallest absolute Gasteiger partial charge is 0.148 e. The molecule has 0 bridgehead atoms. The number of nitrogens with one attached hydrogen (secondary N) is 1. The van der Waals surface area contributed by atoms with Gasteiger partial charge in [0.15, 0.2) is 0 Å². The quantitative estimate of drug-likeness (QED) is 0.765. The van der Waals surface area contributed by atoms with E-state index in [-0.39, 0.29) is 11.6 Å². The molecule has 0 aromatic heterocycles. The highest BCUT2D eigenvalue weighted by Crippen LogP contribution is 2.35. The summed E-state index contributed by atoms with van der Waals surface area (Å²) in [6, 6.07) is 4.07. The maximum Gasteiger partial charge on any atom is 0.148 e. The van der Waals surface area contributed by atoms with Crippen molar-refractivity contribution < 1.29 is 9.84 Å². The molecule has 3 nitrogen and oxygen atoms in total. The molecule has 2 unspecified atom stereocenters. The number of hydrogen-bond acceptors (Lipinski definition) is 3. The second kappa shape index (κ2) is 7.25. The van der Waals surface area contributed by atoms with Crippen molar-refractivity contribution in [3.63, 3.8) is 0 Å². The number of benzene rings is 1. The fourth-order valence-corrected chi connectivity index (χ4v) is 2.95. The van der Waals surface area contributed by atoms with Gasteiger partial charge in [0.1, 0.15) is 11.9 Å². The van der Waals surface area contributed by atoms with Crippen LogP contribution in [0, 0.1) is 0 Å². The van der Waals surface area contributed by atoms with E-state index in [1.54, 1.807) is 6.92 Å². The molecule has 0 saturated heterocycles. The number of aliphatic hydroxyl groups excluding tert-OH is 1. The first-order valence-electron chi connectivity index (χ1n) is 6.68. The normalized spacial score (nSPS) is 15.0. The van der Waals surface area contributed by atoms with Gasteiger partial charge in [-0.25, -0.2) is 0 Å². The van der Waals surface area contributed by atoms with Crippen LogP contribution in [0.2, 0.25) is 0 Å². The van der Waals surface area contributed by atoms with Gasteiger partial charge in [-0.15, -0.1) is 0 Å². The third-order valence-electron chi connectivity index (χ3n) is 2.86. The number of ether oxygens (including phenoxy) is 1. The summed E-state index contributed by atoms with van der Waals surface area (Å²) in [6.45, 7) is 10.8. The van der Waals surface area contributed by atoms with E-state index in [9.17, 15) is 5.11 Å². The molecular weight excluding hydrogens is 386 g/mol. The highest BCUT2D eigenvalue weighted by atomic mass is 79.9. The third-order valence-corrected chi connectivity index (χ3v) is 4.04. The van der Waals surface area contributed by atoms with Gasteiger partial charge in [-0.05, 0) is 84.2 Å². The van der Waals surface area contributed by atoms with Crippen molar-refractivity contribution in [1.82, 2.24) is 5.32 Å². The van der Waals surface area contributed by atoms with Crippen LogP contribution in [0.4, 0.5) is 0 Å². The number of hydrogen-bond donors (Lipinski definition) is 2. The Hall–Kier alpha value is -0.100. The van der Waals surface area contributed by atoms with Crippen LogP contribution in [0.25, 0.3) is 0 Å². The fourth-order valence-electron chi connectivity index (χ4n) is 1.48. The molecule has 1 aromatic rings. The second-order valence-corrected chi connectivity index (χ2v) is 7.76. The van der Waals surface area contributed by atoms with Gasteiger partial charge < -0.3 is 15.2 Å². The van der Waals surface area contributed by atoms with Crippen LogP contribution >= 0.6 is 31.9 Å². The maximum absolute atomic E-state index is 9.53. The number of aliphatic hydroxyl groups is 1. The number of rotatable bonds is 5. The topological polar surface area (TPSA) is 41.5 Å². The lowest BCUT2D eigenvalue weighted by Crippen LogP contribution is -2.35. The van der Waals surface area contributed by atoms with E-state index in [2.05, 4.69) is 57.9 Å². The van der Waals surface area contributed by atoms with Crippen molar-refractivity contribution in [3.05, 3.63) is 26.6 Å². The van der Waals surface area contributed by atoms with Crippen LogP contribution in [0.1, 0.15) is 40.2 Å². The molecule has 0 radical (unpaired) electrons. The summed E-state index contributed by atoms with van der Waals surface area (Å²) in [7, 11) is 0. The molecule has 0 amide bonds. The Kier molecular flexibility index (Phi) is 6.51. The molecule has 0 saturated carbocycles. The summed E-state index contributed by atoms with van der Waals surface area (Å²) in [6.07, 6.45) is -0.780. The average molecular weight is 409 g/mol. The maximum atomic E-state index is 9.53. The van der Waals surface area contributed by atoms with Crippen molar-refractivity contribution in [3.8, 4) is 5.75 Å². The molecule has 114 valence electrons. The summed E-state index contributed by atoms with van der Waals surface area (Å²) < 4.78 is 7.53. The predicted octanol–water partition coefficient (Wildman–Crippen LogP) is 4.25. The molecule has 1 rings (SSSR count). The highest BCUT2D eigenvalue weighted by Gasteiger charge is 2.16. The molecule has 0 aliphatic carbocycles. The first-order valence-corrected chi connectivity index (χ1v) is 8.26. The summed E-state index contributed by atoms with van der Waals surface area (Å²) in [5, 5.41) is 13.0. The minimum Gasteiger partial charge on any atom is -0.486 e. The molecule has 20 heavy (non-hydrogen) atoms. The Balaban J connectivity index is 2.86. The summed E-state index contributed by atoms with van der Waals surface area (Å²) in [5.74, 6) is 0.720. The van der Waals surface area contributed by atoms with Gasteiger partial charge in [0.05, 0.1) is 15.0 Å². The molecule has 0 aliphatic heterocycles. The van der Waals surface area contributed by atoms with Crippen molar-refractivity contribution >= 4 is 31.9 Å². The van der Waals surface area contributed by atoms with Gasteiger partial charge in [0.2, 0.25) is 0 Å². The fraction of sp³-hybridized carbons (Fsp3) is 0.600. The Bertz CT molecular complexity index is 433. The molecule has 0 spiro atoms.